The number of carbonyl (C=O) groups excluding carboxylic acids is 1. The minimum Gasteiger partial charge on any atom is -0.465 e. The summed E-state index contributed by atoms with van der Waals surface area (Å²) in [5.74, 6) is -0.581. The highest BCUT2D eigenvalue weighted by atomic mass is 32.2. The summed E-state index contributed by atoms with van der Waals surface area (Å²) in [7, 11) is -3.90. The highest BCUT2D eigenvalue weighted by Crippen LogP contribution is 2.28. The van der Waals surface area contributed by atoms with Gasteiger partial charge in [0.25, 0.3) is 10.0 Å². The van der Waals surface area contributed by atoms with E-state index in [1.165, 1.54) is 11.8 Å². The fourth-order valence-electron chi connectivity index (χ4n) is 2.55. The lowest BCUT2D eigenvalue weighted by Gasteiger charge is -2.25. The van der Waals surface area contributed by atoms with Gasteiger partial charge in [-0.15, -0.1) is 11.8 Å². The van der Waals surface area contributed by atoms with E-state index in [4.69, 9.17) is 4.74 Å². The Morgan fingerprint density at radius 2 is 1.73 bits per heavy atom. The Balaban J connectivity index is 2.52. The van der Waals surface area contributed by atoms with Gasteiger partial charge in [-0.2, -0.15) is 0 Å². The number of para-hydroxylation sites is 1. The molecule has 26 heavy (non-hydrogen) atoms. The van der Waals surface area contributed by atoms with Crippen molar-refractivity contribution < 1.29 is 17.9 Å². The third-order valence-corrected chi connectivity index (χ3v) is 6.38. The Bertz CT molecular complexity index is 848. The highest BCUT2D eigenvalue weighted by molar-refractivity contribution is 7.98. The molecule has 0 bridgehead atoms. The molecule has 0 aromatic heterocycles. The molecule has 0 N–H and O–H groups in total. The van der Waals surface area contributed by atoms with Crippen molar-refractivity contribution in [2.45, 2.75) is 30.1 Å². The van der Waals surface area contributed by atoms with Gasteiger partial charge in [0.15, 0.2) is 0 Å². The van der Waals surface area contributed by atoms with E-state index < -0.39 is 16.0 Å². The molecule has 0 spiro atoms. The van der Waals surface area contributed by atoms with E-state index >= 15 is 0 Å². The van der Waals surface area contributed by atoms with Crippen LogP contribution in [0.2, 0.25) is 0 Å². The van der Waals surface area contributed by atoms with Crippen molar-refractivity contribution in [3.05, 3.63) is 54.1 Å². The third-order valence-electron chi connectivity index (χ3n) is 3.87. The average molecular weight is 394 g/mol. The third kappa shape index (κ3) is 4.59. The number of hydrogen-bond acceptors (Lipinski definition) is 5. The quantitative estimate of drug-likeness (QED) is 0.505. The van der Waals surface area contributed by atoms with Crippen LogP contribution < -0.4 is 4.31 Å². The second-order valence-electron chi connectivity index (χ2n) is 5.47. The monoisotopic (exact) mass is 393 g/mol. The first kappa shape index (κ1) is 20.3. The second kappa shape index (κ2) is 9.09. The molecule has 140 valence electrons. The smallest absolute Gasteiger partial charge is 0.326 e. The van der Waals surface area contributed by atoms with Gasteiger partial charge in [0.1, 0.15) is 6.54 Å². The zero-order chi connectivity index (χ0) is 19.2. The van der Waals surface area contributed by atoms with Crippen molar-refractivity contribution in [2.24, 2.45) is 0 Å². The maximum absolute atomic E-state index is 13.3. The number of rotatable bonds is 8. The Morgan fingerprint density at radius 3 is 2.31 bits per heavy atom. The molecule has 2 aromatic carbocycles. The van der Waals surface area contributed by atoms with E-state index in [9.17, 15) is 13.2 Å². The predicted octanol–water partition coefficient (Wildman–Crippen LogP) is 3.73. The van der Waals surface area contributed by atoms with Gasteiger partial charge in [0.05, 0.1) is 17.2 Å². The molecule has 0 saturated heterocycles. The summed E-state index contributed by atoms with van der Waals surface area (Å²) in [6.45, 7) is 3.47. The summed E-state index contributed by atoms with van der Waals surface area (Å²) in [5.41, 5.74) is 1.35. The predicted molar refractivity (Wildman–Crippen MR) is 105 cm³/mol. The summed E-state index contributed by atoms with van der Waals surface area (Å²) in [6, 6.07) is 13.8. The largest absolute Gasteiger partial charge is 0.465 e. The lowest BCUT2D eigenvalue weighted by molar-refractivity contribution is -0.141. The van der Waals surface area contributed by atoms with Crippen molar-refractivity contribution in [3.63, 3.8) is 0 Å². The summed E-state index contributed by atoms with van der Waals surface area (Å²) >= 11 is 1.53. The van der Waals surface area contributed by atoms with Crippen LogP contribution in [0.5, 0.6) is 0 Å². The van der Waals surface area contributed by atoms with Crippen molar-refractivity contribution in [1.82, 2.24) is 0 Å². The molecule has 0 radical (unpaired) electrons. The van der Waals surface area contributed by atoms with Gasteiger partial charge in [0.2, 0.25) is 0 Å². The van der Waals surface area contributed by atoms with Gasteiger partial charge in [-0.3, -0.25) is 9.10 Å². The molecule has 7 heteroatoms. The number of ether oxygens (including phenoxy) is 1. The molecule has 0 unspecified atom stereocenters. The van der Waals surface area contributed by atoms with E-state index in [0.29, 0.717) is 12.1 Å². The molecule has 5 nitrogen and oxygen atoms in total. The second-order valence-corrected chi connectivity index (χ2v) is 8.22. The van der Waals surface area contributed by atoms with Crippen LogP contribution in [0.15, 0.2) is 58.3 Å². The molecular weight excluding hydrogens is 370 g/mol. The van der Waals surface area contributed by atoms with Gasteiger partial charge in [0, 0.05) is 4.90 Å². The van der Waals surface area contributed by atoms with E-state index in [0.717, 1.165) is 14.8 Å². The molecule has 0 fully saturated rings. The van der Waals surface area contributed by atoms with Crippen LogP contribution in [0, 0.1) is 0 Å². The minimum absolute atomic E-state index is 0.144. The fraction of sp³-hybridized carbons (Fsp3) is 0.316. The van der Waals surface area contributed by atoms with Crippen LogP contribution in [0.1, 0.15) is 19.4 Å². The molecule has 0 aliphatic rings. The first-order valence-corrected chi connectivity index (χ1v) is 11.0. The number of carbonyl (C=O) groups is 1. The first-order valence-electron chi connectivity index (χ1n) is 8.34. The standard InChI is InChI=1S/C19H23NO4S2/c1-4-15-8-6-7-9-18(15)20(14-19(21)24-5-2)26(22,23)17-12-10-16(25-3)11-13-17/h6-13H,4-5,14H2,1-3H3. The van der Waals surface area contributed by atoms with Crippen LogP contribution in [0.25, 0.3) is 0 Å². The molecule has 2 rings (SSSR count). The van der Waals surface area contributed by atoms with E-state index in [2.05, 4.69) is 0 Å². The van der Waals surface area contributed by atoms with Crippen molar-refractivity contribution in [2.75, 3.05) is 23.7 Å². The normalized spacial score (nSPS) is 11.2. The lowest BCUT2D eigenvalue weighted by atomic mass is 10.1. The summed E-state index contributed by atoms with van der Waals surface area (Å²) in [4.78, 5) is 13.2. The number of anilines is 1. The summed E-state index contributed by atoms with van der Waals surface area (Å²) in [5, 5.41) is 0. The minimum atomic E-state index is -3.90. The topological polar surface area (TPSA) is 63.7 Å². The maximum atomic E-state index is 13.3. The molecule has 0 saturated carbocycles. The van der Waals surface area contributed by atoms with Gasteiger partial charge in [-0.25, -0.2) is 8.42 Å². The van der Waals surface area contributed by atoms with Gasteiger partial charge >= 0.3 is 5.97 Å². The average Bonchev–Trinajstić information content (AvgIpc) is 2.66. The summed E-state index contributed by atoms with van der Waals surface area (Å²) < 4.78 is 32.6. The Labute approximate surface area is 159 Å². The molecule has 0 aliphatic heterocycles. The van der Waals surface area contributed by atoms with E-state index in [1.807, 2.05) is 25.3 Å². The van der Waals surface area contributed by atoms with Crippen LogP contribution >= 0.6 is 11.8 Å². The van der Waals surface area contributed by atoms with Crippen molar-refractivity contribution in [3.8, 4) is 0 Å². The number of esters is 1. The van der Waals surface area contributed by atoms with E-state index in [-0.39, 0.29) is 18.0 Å². The number of hydrogen-bond donors (Lipinski definition) is 0. The van der Waals surface area contributed by atoms with Crippen LogP contribution in [-0.4, -0.2) is 33.8 Å². The van der Waals surface area contributed by atoms with Crippen molar-refractivity contribution in [1.29, 1.82) is 0 Å². The summed E-state index contributed by atoms with van der Waals surface area (Å²) in [6.07, 6.45) is 2.57. The zero-order valence-electron chi connectivity index (χ0n) is 15.1. The molecule has 2 aromatic rings. The lowest BCUT2D eigenvalue weighted by Crippen LogP contribution is -2.37. The van der Waals surface area contributed by atoms with Crippen LogP contribution in [-0.2, 0) is 26.0 Å². The SMILES string of the molecule is CCOC(=O)CN(c1ccccc1CC)S(=O)(=O)c1ccc(SC)cc1. The Kier molecular flexibility index (Phi) is 7.11. The molecule has 0 aliphatic carbocycles. The Morgan fingerprint density at radius 1 is 1.08 bits per heavy atom. The zero-order valence-corrected chi connectivity index (χ0v) is 16.8. The Hall–Kier alpha value is -1.99. The first-order chi connectivity index (χ1) is 12.4. The fourth-order valence-corrected chi connectivity index (χ4v) is 4.41. The van der Waals surface area contributed by atoms with Gasteiger partial charge in [-0.1, -0.05) is 25.1 Å². The van der Waals surface area contributed by atoms with E-state index in [1.54, 1.807) is 43.3 Å². The number of benzene rings is 2. The molecule has 0 amide bonds. The van der Waals surface area contributed by atoms with Crippen LogP contribution in [0.3, 0.4) is 0 Å². The highest BCUT2D eigenvalue weighted by Gasteiger charge is 2.29. The number of aryl methyl sites for hydroxylation is 1. The van der Waals surface area contributed by atoms with Gasteiger partial charge < -0.3 is 4.74 Å². The number of thioether (sulfide) groups is 1. The molecule has 0 heterocycles. The molecule has 0 atom stereocenters. The number of nitrogens with zero attached hydrogens (tertiary/aromatic N) is 1. The van der Waals surface area contributed by atoms with Crippen molar-refractivity contribution >= 4 is 33.4 Å². The van der Waals surface area contributed by atoms with Gasteiger partial charge in [-0.05, 0) is 55.5 Å². The maximum Gasteiger partial charge on any atom is 0.326 e. The number of sulfonamides is 1. The molecular formula is C19H23NO4S2. The van der Waals surface area contributed by atoms with Crippen LogP contribution in [0.4, 0.5) is 5.69 Å².